The van der Waals surface area contributed by atoms with Crippen molar-refractivity contribution < 1.29 is 9.13 Å². The number of hydrazone groups is 1. The summed E-state index contributed by atoms with van der Waals surface area (Å²) in [5.74, 6) is 4.90. The summed E-state index contributed by atoms with van der Waals surface area (Å²) in [6.07, 6.45) is 3.38. The van der Waals surface area contributed by atoms with Crippen LogP contribution in [0, 0.1) is 5.82 Å². The predicted octanol–water partition coefficient (Wildman–Crippen LogP) is 2.30. The summed E-state index contributed by atoms with van der Waals surface area (Å²) in [6.45, 7) is 2.58. The lowest BCUT2D eigenvalue weighted by Crippen LogP contribution is -1.99. The Morgan fingerprint density at radius 3 is 3.00 bits per heavy atom. The summed E-state index contributed by atoms with van der Waals surface area (Å²) >= 11 is 0. The molecule has 0 aliphatic carbocycles. The van der Waals surface area contributed by atoms with E-state index in [4.69, 9.17) is 10.6 Å². The van der Waals surface area contributed by atoms with Crippen molar-refractivity contribution in [1.29, 1.82) is 0 Å². The van der Waals surface area contributed by atoms with Crippen LogP contribution < -0.4 is 10.6 Å². The normalized spacial score (nSPS) is 10.8. The highest BCUT2D eigenvalue weighted by Gasteiger charge is 2.03. The Balaban J connectivity index is 2.71. The molecule has 0 aliphatic rings. The summed E-state index contributed by atoms with van der Waals surface area (Å²) in [7, 11) is 0. The molecule has 0 radical (unpaired) electrons. The van der Waals surface area contributed by atoms with Crippen LogP contribution in [0.4, 0.5) is 4.39 Å². The van der Waals surface area contributed by atoms with Crippen LogP contribution in [0.2, 0.25) is 0 Å². The smallest absolute Gasteiger partial charge is 0.165 e. The van der Waals surface area contributed by atoms with Gasteiger partial charge in [0.2, 0.25) is 0 Å². The van der Waals surface area contributed by atoms with Crippen molar-refractivity contribution in [3.05, 3.63) is 29.6 Å². The molecule has 0 aromatic heterocycles. The Labute approximate surface area is 88.7 Å². The summed E-state index contributed by atoms with van der Waals surface area (Å²) in [5.41, 5.74) is 0.727. The third-order valence-corrected chi connectivity index (χ3v) is 1.93. The van der Waals surface area contributed by atoms with Gasteiger partial charge in [-0.15, -0.1) is 0 Å². The van der Waals surface area contributed by atoms with Gasteiger partial charge in [-0.1, -0.05) is 19.4 Å². The molecule has 1 aromatic rings. The Kier molecular flexibility index (Phi) is 4.60. The maximum atomic E-state index is 13.2. The molecule has 0 atom stereocenters. The van der Waals surface area contributed by atoms with E-state index in [1.54, 1.807) is 12.1 Å². The van der Waals surface area contributed by atoms with Gasteiger partial charge in [0.1, 0.15) is 0 Å². The maximum absolute atomic E-state index is 13.2. The number of hydrogen-bond acceptors (Lipinski definition) is 3. The molecule has 15 heavy (non-hydrogen) atoms. The molecule has 0 saturated heterocycles. The molecule has 0 amide bonds. The van der Waals surface area contributed by atoms with Crippen LogP contribution in [0.25, 0.3) is 0 Å². The van der Waals surface area contributed by atoms with Gasteiger partial charge in [-0.05, 0) is 24.1 Å². The van der Waals surface area contributed by atoms with E-state index in [-0.39, 0.29) is 11.6 Å². The first-order valence-corrected chi connectivity index (χ1v) is 4.93. The van der Waals surface area contributed by atoms with E-state index in [1.807, 2.05) is 0 Å². The van der Waals surface area contributed by atoms with Gasteiger partial charge in [0.05, 0.1) is 12.8 Å². The minimum absolute atomic E-state index is 0.251. The van der Waals surface area contributed by atoms with Crippen LogP contribution in [0.15, 0.2) is 23.3 Å². The molecule has 0 heterocycles. The van der Waals surface area contributed by atoms with Crippen LogP contribution in [-0.4, -0.2) is 12.8 Å². The number of rotatable bonds is 5. The number of halogens is 1. The second-order valence-corrected chi connectivity index (χ2v) is 3.17. The molecule has 0 bridgehead atoms. The van der Waals surface area contributed by atoms with Crippen molar-refractivity contribution in [3.8, 4) is 5.75 Å². The highest BCUT2D eigenvalue weighted by molar-refractivity contribution is 5.79. The average molecular weight is 210 g/mol. The molecule has 82 valence electrons. The molecule has 2 N–H and O–H groups in total. The zero-order valence-corrected chi connectivity index (χ0v) is 8.74. The number of nitrogens with two attached hydrogens (primary N) is 1. The number of ether oxygens (including phenoxy) is 1. The van der Waals surface area contributed by atoms with Gasteiger partial charge in [-0.2, -0.15) is 5.10 Å². The fraction of sp³-hybridized carbons (Fsp3) is 0.364. The van der Waals surface area contributed by atoms with Crippen molar-refractivity contribution in [3.63, 3.8) is 0 Å². The quantitative estimate of drug-likeness (QED) is 0.351. The fourth-order valence-corrected chi connectivity index (χ4v) is 1.12. The molecule has 4 heteroatoms. The number of unbranched alkanes of at least 4 members (excludes halogenated alkanes) is 1. The molecular weight excluding hydrogens is 195 g/mol. The molecule has 0 spiro atoms. The standard InChI is InChI=1S/C11H15FN2O/c1-2-3-6-15-11-7-9(8-14-13)4-5-10(11)12/h4-5,7-8H,2-3,6,13H2,1H3. The molecule has 0 unspecified atom stereocenters. The Morgan fingerprint density at radius 1 is 1.53 bits per heavy atom. The van der Waals surface area contributed by atoms with Crippen LogP contribution in [0.1, 0.15) is 25.3 Å². The van der Waals surface area contributed by atoms with Crippen molar-refractivity contribution in [2.24, 2.45) is 10.9 Å². The van der Waals surface area contributed by atoms with Crippen LogP contribution in [-0.2, 0) is 0 Å². The molecule has 3 nitrogen and oxygen atoms in total. The van der Waals surface area contributed by atoms with Gasteiger partial charge in [-0.25, -0.2) is 4.39 Å². The fourth-order valence-electron chi connectivity index (χ4n) is 1.12. The molecule has 1 aromatic carbocycles. The third-order valence-electron chi connectivity index (χ3n) is 1.93. The van der Waals surface area contributed by atoms with E-state index in [0.717, 1.165) is 18.4 Å². The van der Waals surface area contributed by atoms with Gasteiger partial charge < -0.3 is 10.6 Å². The second kappa shape index (κ2) is 6.01. The summed E-state index contributed by atoms with van der Waals surface area (Å²) in [4.78, 5) is 0. The third kappa shape index (κ3) is 3.58. The van der Waals surface area contributed by atoms with E-state index in [2.05, 4.69) is 12.0 Å². The topological polar surface area (TPSA) is 47.6 Å². The number of nitrogens with zero attached hydrogens (tertiary/aromatic N) is 1. The lowest BCUT2D eigenvalue weighted by Gasteiger charge is -2.06. The highest BCUT2D eigenvalue weighted by atomic mass is 19.1. The first-order chi connectivity index (χ1) is 7.27. The maximum Gasteiger partial charge on any atom is 0.165 e. The molecule has 1 rings (SSSR count). The summed E-state index contributed by atoms with van der Waals surface area (Å²) in [5, 5.41) is 3.37. The van der Waals surface area contributed by atoms with Gasteiger partial charge in [-0.3, -0.25) is 0 Å². The van der Waals surface area contributed by atoms with Crippen molar-refractivity contribution in [2.75, 3.05) is 6.61 Å². The van der Waals surface area contributed by atoms with E-state index in [0.29, 0.717) is 6.61 Å². The lowest BCUT2D eigenvalue weighted by molar-refractivity contribution is 0.294. The number of hydrogen-bond donors (Lipinski definition) is 1. The van der Waals surface area contributed by atoms with Crippen molar-refractivity contribution >= 4 is 6.21 Å². The van der Waals surface area contributed by atoms with Crippen molar-refractivity contribution in [2.45, 2.75) is 19.8 Å². The van der Waals surface area contributed by atoms with Gasteiger partial charge >= 0.3 is 0 Å². The van der Waals surface area contributed by atoms with Gasteiger partial charge in [0.15, 0.2) is 11.6 Å². The predicted molar refractivity (Wildman–Crippen MR) is 58.6 cm³/mol. The van der Waals surface area contributed by atoms with E-state index in [9.17, 15) is 4.39 Å². The summed E-state index contributed by atoms with van der Waals surface area (Å²) < 4.78 is 18.5. The number of benzene rings is 1. The van der Waals surface area contributed by atoms with Crippen LogP contribution in [0.3, 0.4) is 0 Å². The monoisotopic (exact) mass is 210 g/mol. The molecule has 0 aliphatic heterocycles. The molecule has 0 saturated carbocycles. The van der Waals surface area contributed by atoms with Crippen molar-refractivity contribution in [1.82, 2.24) is 0 Å². The average Bonchev–Trinajstić information content (AvgIpc) is 2.23. The second-order valence-electron chi connectivity index (χ2n) is 3.17. The van der Waals surface area contributed by atoms with E-state index >= 15 is 0 Å². The Morgan fingerprint density at radius 2 is 2.33 bits per heavy atom. The minimum Gasteiger partial charge on any atom is -0.490 e. The van der Waals surface area contributed by atoms with E-state index < -0.39 is 0 Å². The first kappa shape index (κ1) is 11.5. The molecular formula is C11H15FN2O. The first-order valence-electron chi connectivity index (χ1n) is 4.93. The van der Waals surface area contributed by atoms with Crippen LogP contribution in [0.5, 0.6) is 5.75 Å². The molecule has 0 fully saturated rings. The highest BCUT2D eigenvalue weighted by Crippen LogP contribution is 2.18. The van der Waals surface area contributed by atoms with Gasteiger partial charge in [0, 0.05) is 0 Å². The SMILES string of the molecule is CCCCOc1cc(C=NN)ccc1F. The van der Waals surface area contributed by atoms with Crippen LogP contribution >= 0.6 is 0 Å². The van der Waals surface area contributed by atoms with Gasteiger partial charge in [0.25, 0.3) is 0 Å². The Bertz CT molecular complexity index is 339. The minimum atomic E-state index is -0.361. The Hall–Kier alpha value is -1.58. The zero-order valence-electron chi connectivity index (χ0n) is 8.74. The largest absolute Gasteiger partial charge is 0.490 e. The zero-order chi connectivity index (χ0) is 11.1. The van der Waals surface area contributed by atoms with E-state index in [1.165, 1.54) is 12.3 Å². The lowest BCUT2D eigenvalue weighted by atomic mass is 10.2. The summed E-state index contributed by atoms with van der Waals surface area (Å²) in [6, 6.07) is 4.53.